The first-order valence-electron chi connectivity index (χ1n) is 4.76. The molecule has 1 unspecified atom stereocenters. The Hall–Kier alpha value is -0.540. The van der Waals surface area contributed by atoms with Crippen LogP contribution < -0.4 is 0 Å². The summed E-state index contributed by atoms with van der Waals surface area (Å²) in [6.07, 6.45) is 2.21. The van der Waals surface area contributed by atoms with Crippen LogP contribution in [0.25, 0.3) is 0 Å². The molecule has 1 aromatic rings. The number of carboxylic acid groups (broad SMARTS) is 1. The summed E-state index contributed by atoms with van der Waals surface area (Å²) in [5.41, 5.74) is 1.79. The van der Waals surface area contributed by atoms with Crippen LogP contribution in [-0.2, 0) is 4.79 Å². The van der Waals surface area contributed by atoms with Crippen molar-refractivity contribution in [2.24, 2.45) is 0 Å². The van der Waals surface area contributed by atoms with Gasteiger partial charge in [-0.15, -0.1) is 0 Å². The Kier molecular flexibility index (Phi) is 3.03. The van der Waals surface area contributed by atoms with Crippen molar-refractivity contribution < 1.29 is 9.90 Å². The molecule has 15 heavy (non-hydrogen) atoms. The van der Waals surface area contributed by atoms with E-state index in [2.05, 4.69) is 15.9 Å². The van der Waals surface area contributed by atoms with E-state index >= 15 is 0 Å². The molecule has 1 fully saturated rings. The summed E-state index contributed by atoms with van der Waals surface area (Å²) >= 11 is 9.27. The van der Waals surface area contributed by atoms with Crippen molar-refractivity contribution in [3.63, 3.8) is 0 Å². The normalized spacial score (nSPS) is 17.5. The van der Waals surface area contributed by atoms with Crippen LogP contribution in [0.15, 0.2) is 18.2 Å². The molecule has 0 aliphatic heterocycles. The number of hydrogen-bond donors (Lipinski definition) is 1. The van der Waals surface area contributed by atoms with Crippen LogP contribution in [0.5, 0.6) is 0 Å². The number of hydrogen-bond acceptors (Lipinski definition) is 1. The molecule has 0 amide bonds. The highest BCUT2D eigenvalue weighted by molar-refractivity contribution is 9.09. The minimum Gasteiger partial charge on any atom is -0.480 e. The van der Waals surface area contributed by atoms with Crippen LogP contribution in [0.2, 0.25) is 5.02 Å². The van der Waals surface area contributed by atoms with Gasteiger partial charge in [0.05, 0.1) is 0 Å². The molecule has 0 aromatic heterocycles. The van der Waals surface area contributed by atoms with Crippen LogP contribution in [0.3, 0.4) is 0 Å². The molecule has 0 bridgehead atoms. The average Bonchev–Trinajstić information content (AvgIpc) is 2.99. The van der Waals surface area contributed by atoms with Crippen LogP contribution in [0, 0.1) is 0 Å². The molecule has 2 rings (SSSR count). The van der Waals surface area contributed by atoms with Gasteiger partial charge in [-0.05, 0) is 36.0 Å². The number of aliphatic carboxylic acids is 1. The largest absolute Gasteiger partial charge is 0.480 e. The molecular weight excluding hydrogens is 279 g/mol. The van der Waals surface area contributed by atoms with E-state index in [9.17, 15) is 4.79 Å². The van der Waals surface area contributed by atoms with E-state index in [1.165, 1.54) is 0 Å². The van der Waals surface area contributed by atoms with Crippen molar-refractivity contribution in [1.29, 1.82) is 0 Å². The van der Waals surface area contributed by atoms with Gasteiger partial charge in [0.2, 0.25) is 0 Å². The van der Waals surface area contributed by atoms with Gasteiger partial charge >= 0.3 is 5.97 Å². The zero-order valence-corrected chi connectivity index (χ0v) is 10.3. The summed E-state index contributed by atoms with van der Waals surface area (Å²) in [4.78, 5) is 10.3. The summed E-state index contributed by atoms with van der Waals surface area (Å²) in [7, 11) is 0. The van der Waals surface area contributed by atoms with Gasteiger partial charge in [-0.1, -0.05) is 39.7 Å². The van der Waals surface area contributed by atoms with Crippen LogP contribution in [0.1, 0.15) is 34.7 Å². The summed E-state index contributed by atoms with van der Waals surface area (Å²) in [6.45, 7) is 0. The lowest BCUT2D eigenvalue weighted by atomic mass is 10.0. The minimum absolute atomic E-state index is 0.452. The molecule has 1 aliphatic rings. The number of rotatable bonds is 3. The van der Waals surface area contributed by atoms with Gasteiger partial charge in [0.25, 0.3) is 0 Å². The lowest BCUT2D eigenvalue weighted by molar-refractivity contribution is -0.136. The topological polar surface area (TPSA) is 37.3 Å². The van der Waals surface area contributed by atoms with E-state index in [0.29, 0.717) is 10.9 Å². The van der Waals surface area contributed by atoms with Crippen molar-refractivity contribution in [3.8, 4) is 0 Å². The molecular formula is C11H10BrClO2. The number of carbonyl (C=O) groups is 1. The quantitative estimate of drug-likeness (QED) is 0.861. The Balaban J connectivity index is 2.45. The Morgan fingerprint density at radius 2 is 2.20 bits per heavy atom. The molecule has 1 aliphatic carbocycles. The molecule has 1 saturated carbocycles. The second kappa shape index (κ2) is 4.14. The molecule has 2 nitrogen and oxygen atoms in total. The van der Waals surface area contributed by atoms with E-state index in [1.807, 2.05) is 12.1 Å². The maximum absolute atomic E-state index is 10.9. The van der Waals surface area contributed by atoms with Crippen molar-refractivity contribution in [1.82, 2.24) is 0 Å². The minimum atomic E-state index is -0.876. The zero-order chi connectivity index (χ0) is 11.0. The average molecular weight is 290 g/mol. The van der Waals surface area contributed by atoms with E-state index in [1.54, 1.807) is 6.07 Å². The number of benzene rings is 1. The van der Waals surface area contributed by atoms with Gasteiger partial charge in [-0.2, -0.15) is 0 Å². The molecule has 80 valence electrons. The van der Waals surface area contributed by atoms with Gasteiger partial charge in [0, 0.05) is 5.02 Å². The fraction of sp³-hybridized carbons (Fsp3) is 0.364. The van der Waals surface area contributed by atoms with Crippen molar-refractivity contribution in [3.05, 3.63) is 34.3 Å². The second-order valence-corrected chi connectivity index (χ2v) is 5.04. The number of alkyl halides is 1. The van der Waals surface area contributed by atoms with E-state index in [4.69, 9.17) is 16.7 Å². The molecule has 0 spiro atoms. The predicted octanol–water partition coefficient (Wildman–Crippen LogP) is 3.74. The molecule has 4 heteroatoms. The van der Waals surface area contributed by atoms with Gasteiger partial charge in [-0.3, -0.25) is 4.79 Å². The highest BCUT2D eigenvalue weighted by Crippen LogP contribution is 2.47. The Morgan fingerprint density at radius 3 is 2.73 bits per heavy atom. The second-order valence-electron chi connectivity index (χ2n) is 3.72. The molecule has 0 radical (unpaired) electrons. The summed E-state index contributed by atoms with van der Waals surface area (Å²) in [5, 5.41) is 9.64. The van der Waals surface area contributed by atoms with Gasteiger partial charge in [-0.25, -0.2) is 0 Å². The molecule has 1 aromatic carbocycles. The predicted molar refractivity (Wildman–Crippen MR) is 62.7 cm³/mol. The molecule has 1 atom stereocenters. The van der Waals surface area contributed by atoms with Crippen molar-refractivity contribution in [2.45, 2.75) is 23.6 Å². The fourth-order valence-electron chi connectivity index (χ4n) is 1.71. The van der Waals surface area contributed by atoms with Crippen LogP contribution in [-0.4, -0.2) is 11.1 Å². The first kappa shape index (κ1) is 11.0. The van der Waals surface area contributed by atoms with Gasteiger partial charge in [0.1, 0.15) is 4.83 Å². The van der Waals surface area contributed by atoms with Crippen molar-refractivity contribution >= 4 is 33.5 Å². The van der Waals surface area contributed by atoms with Gasteiger partial charge in [0.15, 0.2) is 0 Å². The maximum atomic E-state index is 10.9. The lowest BCUT2D eigenvalue weighted by Gasteiger charge is -2.12. The monoisotopic (exact) mass is 288 g/mol. The Morgan fingerprint density at radius 1 is 1.53 bits per heavy atom. The molecule has 0 heterocycles. The smallest absolute Gasteiger partial charge is 0.321 e. The Labute approximate surface area is 101 Å². The number of halogens is 2. The fourth-order valence-corrected chi connectivity index (χ4v) is 2.45. The highest BCUT2D eigenvalue weighted by Gasteiger charge is 2.31. The first-order valence-corrected chi connectivity index (χ1v) is 6.06. The van der Waals surface area contributed by atoms with Crippen LogP contribution in [0.4, 0.5) is 0 Å². The molecule has 1 N–H and O–H groups in total. The van der Waals surface area contributed by atoms with Crippen molar-refractivity contribution in [2.75, 3.05) is 0 Å². The summed E-state index contributed by atoms with van der Waals surface area (Å²) in [6, 6.07) is 5.44. The summed E-state index contributed by atoms with van der Waals surface area (Å²) < 4.78 is 0. The zero-order valence-electron chi connectivity index (χ0n) is 7.91. The third-order valence-electron chi connectivity index (χ3n) is 2.56. The Bertz CT molecular complexity index is 402. The lowest BCUT2D eigenvalue weighted by Crippen LogP contribution is -2.07. The standard InChI is InChI=1S/C11H10BrClO2/c12-10(11(14)15)7-2-1-3-8(13)9(7)6-4-5-6/h1-3,6,10H,4-5H2,(H,14,15). The highest BCUT2D eigenvalue weighted by atomic mass is 79.9. The van der Waals surface area contributed by atoms with E-state index < -0.39 is 10.8 Å². The third kappa shape index (κ3) is 2.18. The number of carboxylic acids is 1. The third-order valence-corrected chi connectivity index (χ3v) is 3.78. The molecule has 0 saturated heterocycles. The SMILES string of the molecule is O=C(O)C(Br)c1cccc(Cl)c1C1CC1. The first-order chi connectivity index (χ1) is 7.11. The van der Waals surface area contributed by atoms with Crippen LogP contribution >= 0.6 is 27.5 Å². The van der Waals surface area contributed by atoms with Gasteiger partial charge < -0.3 is 5.11 Å². The summed E-state index contributed by atoms with van der Waals surface area (Å²) in [5.74, 6) is -0.424. The maximum Gasteiger partial charge on any atom is 0.321 e. The van der Waals surface area contributed by atoms with E-state index in [0.717, 1.165) is 24.0 Å². The van der Waals surface area contributed by atoms with E-state index in [-0.39, 0.29) is 0 Å².